The fourth-order valence-electron chi connectivity index (χ4n) is 2.25. The van der Waals surface area contributed by atoms with Crippen molar-refractivity contribution in [1.29, 1.82) is 0 Å². The third-order valence-corrected chi connectivity index (χ3v) is 4.53. The number of nitrogens with zero attached hydrogens (tertiary/aromatic N) is 1. The van der Waals surface area contributed by atoms with Gasteiger partial charge in [0, 0.05) is 29.1 Å². The summed E-state index contributed by atoms with van der Waals surface area (Å²) in [5.74, 6) is 0.574. The minimum absolute atomic E-state index is 0.158. The number of thioether (sulfide) groups is 1. The van der Waals surface area contributed by atoms with Crippen molar-refractivity contribution >= 4 is 34.5 Å². The van der Waals surface area contributed by atoms with Gasteiger partial charge in [-0.3, -0.25) is 9.79 Å². The van der Waals surface area contributed by atoms with E-state index in [1.54, 1.807) is 42.1 Å². The molecule has 0 aromatic heterocycles. The zero-order valence-electron chi connectivity index (χ0n) is 13.0. The number of halogens is 1. The molecular formula is C19H17FN2OS. The lowest BCUT2D eigenvalue weighted by Crippen LogP contribution is -2.13. The summed E-state index contributed by atoms with van der Waals surface area (Å²) in [4.78, 5) is 16.6. The zero-order chi connectivity index (χ0) is 16.8. The highest BCUT2D eigenvalue weighted by molar-refractivity contribution is 8.14. The number of ketones is 1. The summed E-state index contributed by atoms with van der Waals surface area (Å²) in [5, 5.41) is 4.16. The fourth-order valence-corrected chi connectivity index (χ4v) is 3.09. The number of allylic oxidation sites excluding steroid dienone is 1. The first-order chi connectivity index (χ1) is 11.7. The molecular weight excluding hydrogens is 323 g/mol. The Bertz CT molecular complexity index is 784. The second-order valence-electron chi connectivity index (χ2n) is 5.31. The van der Waals surface area contributed by atoms with Crippen molar-refractivity contribution < 1.29 is 9.18 Å². The van der Waals surface area contributed by atoms with Crippen LogP contribution in [0, 0.1) is 5.82 Å². The molecule has 0 radical (unpaired) electrons. The van der Waals surface area contributed by atoms with Crippen LogP contribution in [-0.2, 0) is 0 Å². The van der Waals surface area contributed by atoms with Crippen molar-refractivity contribution in [2.75, 3.05) is 17.6 Å². The normalized spacial score (nSPS) is 14.5. The average molecular weight is 340 g/mol. The molecule has 1 N–H and O–H groups in total. The summed E-state index contributed by atoms with van der Waals surface area (Å²) in [7, 11) is 0. The van der Waals surface area contributed by atoms with E-state index >= 15 is 0 Å². The number of hydrogen-bond donors (Lipinski definition) is 1. The molecule has 0 spiro atoms. The Morgan fingerprint density at radius 1 is 1.17 bits per heavy atom. The Labute approximate surface area is 144 Å². The smallest absolute Gasteiger partial charge is 0.185 e. The van der Waals surface area contributed by atoms with Crippen LogP contribution in [0.5, 0.6) is 0 Å². The van der Waals surface area contributed by atoms with Crippen LogP contribution >= 0.6 is 11.8 Å². The minimum Gasteiger partial charge on any atom is -0.335 e. The second kappa shape index (κ2) is 7.93. The Kier molecular flexibility index (Phi) is 5.43. The minimum atomic E-state index is -0.341. The van der Waals surface area contributed by atoms with Gasteiger partial charge in [-0.2, -0.15) is 0 Å². The molecule has 24 heavy (non-hydrogen) atoms. The summed E-state index contributed by atoms with van der Waals surface area (Å²) in [5.41, 5.74) is 1.86. The number of rotatable bonds is 4. The Morgan fingerprint density at radius 3 is 2.67 bits per heavy atom. The predicted molar refractivity (Wildman–Crippen MR) is 99.2 cm³/mol. The summed E-state index contributed by atoms with van der Waals surface area (Å²) in [6, 6.07) is 13.6. The number of benzene rings is 2. The highest BCUT2D eigenvalue weighted by Crippen LogP contribution is 2.17. The van der Waals surface area contributed by atoms with E-state index in [4.69, 9.17) is 0 Å². The number of anilines is 1. The maximum atomic E-state index is 13.5. The van der Waals surface area contributed by atoms with Gasteiger partial charge in [0.25, 0.3) is 0 Å². The molecule has 122 valence electrons. The van der Waals surface area contributed by atoms with Gasteiger partial charge in [0.15, 0.2) is 11.0 Å². The van der Waals surface area contributed by atoms with Crippen molar-refractivity contribution in [3.8, 4) is 0 Å². The van der Waals surface area contributed by atoms with Crippen LogP contribution in [0.1, 0.15) is 22.3 Å². The maximum absolute atomic E-state index is 13.5. The third-order valence-electron chi connectivity index (χ3n) is 3.54. The van der Waals surface area contributed by atoms with E-state index in [0.29, 0.717) is 11.1 Å². The summed E-state index contributed by atoms with van der Waals surface area (Å²) in [6.07, 6.45) is 4.00. The molecule has 0 bridgehead atoms. The largest absolute Gasteiger partial charge is 0.335 e. The van der Waals surface area contributed by atoms with Gasteiger partial charge < -0.3 is 5.32 Å². The van der Waals surface area contributed by atoms with Crippen LogP contribution in [0.4, 0.5) is 10.1 Å². The van der Waals surface area contributed by atoms with Crippen molar-refractivity contribution in [3.63, 3.8) is 0 Å². The van der Waals surface area contributed by atoms with Crippen molar-refractivity contribution in [2.45, 2.75) is 6.42 Å². The molecule has 0 unspecified atom stereocenters. The van der Waals surface area contributed by atoms with Crippen LogP contribution in [0.3, 0.4) is 0 Å². The molecule has 0 atom stereocenters. The lowest BCUT2D eigenvalue weighted by Gasteiger charge is -2.13. The number of carbonyl (C=O) groups excluding carboxylic acids is 1. The molecule has 0 amide bonds. The standard InChI is InChI=1S/C19H17FN2OS/c20-17-5-2-1-4-14(17)8-11-18(23)15-6-9-16(10-7-15)22-19-21-12-3-13-24-19/h1-2,4-11H,3,12-13H2,(H,21,22)/b11-8+. The van der Waals surface area contributed by atoms with Crippen LogP contribution in [-0.4, -0.2) is 23.2 Å². The Hall–Kier alpha value is -2.40. The first kappa shape index (κ1) is 16.5. The van der Waals surface area contributed by atoms with Gasteiger partial charge in [-0.15, -0.1) is 0 Å². The number of hydrogen-bond acceptors (Lipinski definition) is 4. The number of aliphatic imine (C=N–C) groups is 1. The van der Waals surface area contributed by atoms with Gasteiger partial charge in [0.2, 0.25) is 0 Å². The van der Waals surface area contributed by atoms with Gasteiger partial charge >= 0.3 is 0 Å². The maximum Gasteiger partial charge on any atom is 0.185 e. The van der Waals surface area contributed by atoms with Gasteiger partial charge in [-0.05, 0) is 48.9 Å². The summed E-state index contributed by atoms with van der Waals surface area (Å²) < 4.78 is 13.5. The van der Waals surface area contributed by atoms with Crippen molar-refractivity contribution in [2.24, 2.45) is 4.99 Å². The van der Waals surface area contributed by atoms with E-state index in [-0.39, 0.29) is 11.6 Å². The summed E-state index contributed by atoms with van der Waals surface area (Å²) in [6.45, 7) is 0.854. The SMILES string of the molecule is O=C(/C=C/c1ccccc1F)c1ccc(NC2=NCCCS2)cc1. The Morgan fingerprint density at radius 2 is 1.96 bits per heavy atom. The lowest BCUT2D eigenvalue weighted by molar-refractivity contribution is 0.104. The Balaban J connectivity index is 1.65. The van der Waals surface area contributed by atoms with Gasteiger partial charge in [-0.25, -0.2) is 4.39 Å². The second-order valence-corrected chi connectivity index (χ2v) is 6.39. The molecule has 2 aromatic rings. The van der Waals surface area contributed by atoms with Crippen molar-refractivity contribution in [3.05, 3.63) is 71.6 Å². The first-order valence-corrected chi connectivity index (χ1v) is 8.72. The monoisotopic (exact) mass is 340 g/mol. The third kappa shape index (κ3) is 4.32. The van der Waals surface area contributed by atoms with E-state index in [1.165, 1.54) is 18.2 Å². The quantitative estimate of drug-likeness (QED) is 0.652. The van der Waals surface area contributed by atoms with E-state index in [0.717, 1.165) is 29.6 Å². The van der Waals surface area contributed by atoms with E-state index in [2.05, 4.69) is 10.3 Å². The summed E-state index contributed by atoms with van der Waals surface area (Å²) >= 11 is 1.70. The molecule has 1 aliphatic rings. The number of nitrogens with one attached hydrogen (secondary N) is 1. The predicted octanol–water partition coefficient (Wildman–Crippen LogP) is 4.63. The number of amidine groups is 1. The first-order valence-electron chi connectivity index (χ1n) is 7.74. The molecule has 0 saturated carbocycles. The molecule has 0 saturated heterocycles. The zero-order valence-corrected chi connectivity index (χ0v) is 13.9. The van der Waals surface area contributed by atoms with Crippen LogP contribution in [0.25, 0.3) is 6.08 Å². The molecule has 3 nitrogen and oxygen atoms in total. The molecule has 2 aromatic carbocycles. The average Bonchev–Trinajstić information content (AvgIpc) is 2.62. The lowest BCUT2D eigenvalue weighted by atomic mass is 10.1. The van der Waals surface area contributed by atoms with Crippen LogP contribution in [0.2, 0.25) is 0 Å². The molecule has 1 aliphatic heterocycles. The van der Waals surface area contributed by atoms with Gasteiger partial charge in [-0.1, -0.05) is 30.0 Å². The van der Waals surface area contributed by atoms with E-state index in [9.17, 15) is 9.18 Å². The number of carbonyl (C=O) groups is 1. The van der Waals surface area contributed by atoms with Crippen LogP contribution in [0.15, 0.2) is 59.6 Å². The molecule has 0 aliphatic carbocycles. The van der Waals surface area contributed by atoms with E-state index < -0.39 is 0 Å². The fraction of sp³-hybridized carbons (Fsp3) is 0.158. The molecule has 5 heteroatoms. The molecule has 0 fully saturated rings. The van der Waals surface area contributed by atoms with Crippen LogP contribution < -0.4 is 5.32 Å². The topological polar surface area (TPSA) is 41.5 Å². The van der Waals surface area contributed by atoms with E-state index in [1.807, 2.05) is 12.1 Å². The molecule has 3 rings (SSSR count). The highest BCUT2D eigenvalue weighted by atomic mass is 32.2. The van der Waals surface area contributed by atoms with Gasteiger partial charge in [0.1, 0.15) is 5.82 Å². The molecule has 1 heterocycles. The van der Waals surface area contributed by atoms with Gasteiger partial charge in [0.05, 0.1) is 0 Å². The van der Waals surface area contributed by atoms with Crippen molar-refractivity contribution in [1.82, 2.24) is 0 Å². The highest BCUT2D eigenvalue weighted by Gasteiger charge is 2.07.